The smallest absolute Gasteiger partial charge is 0.304 e. The molecular weight excluding hydrogens is 158 g/mol. The Morgan fingerprint density at radius 2 is 2.25 bits per heavy atom. The summed E-state index contributed by atoms with van der Waals surface area (Å²) in [6.45, 7) is 0.455. The van der Waals surface area contributed by atoms with Gasteiger partial charge in [0.05, 0.1) is 12.5 Å². The van der Waals surface area contributed by atoms with Gasteiger partial charge >= 0.3 is 5.97 Å². The Labute approximate surface area is 71.6 Å². The Morgan fingerprint density at radius 3 is 2.75 bits per heavy atom. The summed E-state index contributed by atoms with van der Waals surface area (Å²) in [5, 5.41) is 20.7. The number of carbonyl (C=O) groups is 1. The highest BCUT2D eigenvalue weighted by Crippen LogP contribution is 2.18. The van der Waals surface area contributed by atoms with Gasteiger partial charge in [-0.05, 0) is 19.3 Å². The van der Waals surface area contributed by atoms with Crippen molar-refractivity contribution in [2.45, 2.75) is 37.8 Å². The van der Waals surface area contributed by atoms with Crippen LogP contribution in [-0.4, -0.2) is 34.9 Å². The summed E-state index contributed by atoms with van der Waals surface area (Å²) in [4.78, 5) is 10.2. The lowest BCUT2D eigenvalue weighted by Crippen LogP contribution is -2.36. The molecular formula is C8H15NO3. The molecule has 0 amide bonds. The van der Waals surface area contributed by atoms with Crippen molar-refractivity contribution in [2.24, 2.45) is 0 Å². The van der Waals surface area contributed by atoms with E-state index in [1.54, 1.807) is 0 Å². The molecule has 0 bridgehead atoms. The molecule has 0 heterocycles. The van der Waals surface area contributed by atoms with E-state index >= 15 is 0 Å². The van der Waals surface area contributed by atoms with Crippen LogP contribution in [0.5, 0.6) is 0 Å². The van der Waals surface area contributed by atoms with Gasteiger partial charge in [0, 0.05) is 12.6 Å². The number of rotatable bonds is 4. The SMILES string of the molecule is O=C(O)CCNC1CCCC1O. The van der Waals surface area contributed by atoms with Crippen molar-refractivity contribution < 1.29 is 15.0 Å². The fourth-order valence-electron chi connectivity index (χ4n) is 1.54. The Balaban J connectivity index is 2.10. The number of aliphatic carboxylic acids is 1. The fourth-order valence-corrected chi connectivity index (χ4v) is 1.54. The second kappa shape index (κ2) is 4.42. The van der Waals surface area contributed by atoms with Gasteiger partial charge < -0.3 is 15.5 Å². The van der Waals surface area contributed by atoms with E-state index in [0.717, 1.165) is 19.3 Å². The van der Waals surface area contributed by atoms with Gasteiger partial charge in [-0.2, -0.15) is 0 Å². The van der Waals surface area contributed by atoms with Crippen LogP contribution in [-0.2, 0) is 4.79 Å². The Kier molecular flexibility index (Phi) is 3.49. The van der Waals surface area contributed by atoms with Crippen molar-refractivity contribution >= 4 is 5.97 Å². The van der Waals surface area contributed by atoms with E-state index in [9.17, 15) is 9.90 Å². The summed E-state index contributed by atoms with van der Waals surface area (Å²) in [5.41, 5.74) is 0. The molecule has 4 nitrogen and oxygen atoms in total. The zero-order valence-corrected chi connectivity index (χ0v) is 6.99. The molecule has 12 heavy (non-hydrogen) atoms. The van der Waals surface area contributed by atoms with Crippen LogP contribution in [0.15, 0.2) is 0 Å². The Bertz CT molecular complexity index is 160. The molecule has 0 aromatic rings. The van der Waals surface area contributed by atoms with Gasteiger partial charge in [-0.1, -0.05) is 0 Å². The number of carboxylic acids is 1. The number of aliphatic hydroxyl groups is 1. The predicted octanol–water partition coefficient (Wildman–Crippen LogP) is -0.0359. The van der Waals surface area contributed by atoms with E-state index < -0.39 is 5.97 Å². The lowest BCUT2D eigenvalue weighted by atomic mass is 10.2. The zero-order valence-electron chi connectivity index (χ0n) is 6.99. The highest BCUT2D eigenvalue weighted by atomic mass is 16.4. The maximum absolute atomic E-state index is 10.2. The standard InChI is InChI=1S/C8H15NO3/c10-7-3-1-2-6(7)9-5-4-8(11)12/h6-7,9-10H,1-5H2,(H,11,12). The number of hydrogen-bond acceptors (Lipinski definition) is 3. The van der Waals surface area contributed by atoms with Crippen LogP contribution >= 0.6 is 0 Å². The van der Waals surface area contributed by atoms with Gasteiger partial charge in [0.2, 0.25) is 0 Å². The average molecular weight is 173 g/mol. The van der Waals surface area contributed by atoms with Gasteiger partial charge in [0.15, 0.2) is 0 Å². The van der Waals surface area contributed by atoms with Crippen LogP contribution in [0.2, 0.25) is 0 Å². The van der Waals surface area contributed by atoms with E-state index in [-0.39, 0.29) is 18.6 Å². The highest BCUT2D eigenvalue weighted by Gasteiger charge is 2.24. The number of aliphatic hydroxyl groups excluding tert-OH is 1. The lowest BCUT2D eigenvalue weighted by Gasteiger charge is -2.15. The molecule has 4 heteroatoms. The van der Waals surface area contributed by atoms with Gasteiger partial charge in [-0.3, -0.25) is 4.79 Å². The third-order valence-electron chi connectivity index (χ3n) is 2.22. The maximum Gasteiger partial charge on any atom is 0.304 e. The molecule has 0 radical (unpaired) electrons. The molecule has 2 atom stereocenters. The molecule has 2 unspecified atom stereocenters. The Morgan fingerprint density at radius 1 is 1.50 bits per heavy atom. The minimum absolute atomic E-state index is 0.115. The summed E-state index contributed by atoms with van der Waals surface area (Å²) in [7, 11) is 0. The third-order valence-corrected chi connectivity index (χ3v) is 2.22. The first-order chi connectivity index (χ1) is 5.70. The van der Waals surface area contributed by atoms with Crippen LogP contribution in [0.4, 0.5) is 0 Å². The topological polar surface area (TPSA) is 69.6 Å². The minimum Gasteiger partial charge on any atom is -0.481 e. The van der Waals surface area contributed by atoms with Crippen LogP contribution < -0.4 is 5.32 Å². The number of hydrogen-bond donors (Lipinski definition) is 3. The van der Waals surface area contributed by atoms with Gasteiger partial charge in [-0.15, -0.1) is 0 Å². The van der Waals surface area contributed by atoms with Crippen LogP contribution in [0, 0.1) is 0 Å². The number of carboxylic acid groups (broad SMARTS) is 1. The summed E-state index contributed by atoms with van der Waals surface area (Å²) in [6.07, 6.45) is 2.68. The molecule has 3 N–H and O–H groups in total. The van der Waals surface area contributed by atoms with Crippen molar-refractivity contribution in [3.05, 3.63) is 0 Å². The Hall–Kier alpha value is -0.610. The van der Waals surface area contributed by atoms with E-state index in [2.05, 4.69) is 5.32 Å². The maximum atomic E-state index is 10.2. The molecule has 0 saturated heterocycles. The summed E-state index contributed by atoms with van der Waals surface area (Å²) >= 11 is 0. The van der Waals surface area contributed by atoms with Crippen LogP contribution in [0.25, 0.3) is 0 Å². The van der Waals surface area contributed by atoms with Crippen molar-refractivity contribution in [3.8, 4) is 0 Å². The van der Waals surface area contributed by atoms with Crippen molar-refractivity contribution in [3.63, 3.8) is 0 Å². The first kappa shape index (κ1) is 9.48. The number of nitrogens with one attached hydrogen (secondary N) is 1. The van der Waals surface area contributed by atoms with Gasteiger partial charge in [0.25, 0.3) is 0 Å². The lowest BCUT2D eigenvalue weighted by molar-refractivity contribution is -0.136. The van der Waals surface area contributed by atoms with Gasteiger partial charge in [-0.25, -0.2) is 0 Å². The predicted molar refractivity (Wildman–Crippen MR) is 43.9 cm³/mol. The van der Waals surface area contributed by atoms with Crippen molar-refractivity contribution in [1.82, 2.24) is 5.32 Å². The fraction of sp³-hybridized carbons (Fsp3) is 0.875. The molecule has 70 valence electrons. The first-order valence-electron chi connectivity index (χ1n) is 4.33. The largest absolute Gasteiger partial charge is 0.481 e. The summed E-state index contributed by atoms with van der Waals surface area (Å²) < 4.78 is 0. The molecule has 0 spiro atoms. The molecule has 1 fully saturated rings. The van der Waals surface area contributed by atoms with E-state index in [4.69, 9.17) is 5.11 Å². The molecule has 0 aromatic heterocycles. The zero-order chi connectivity index (χ0) is 8.97. The third kappa shape index (κ3) is 2.79. The molecule has 0 aliphatic heterocycles. The van der Waals surface area contributed by atoms with Crippen molar-refractivity contribution in [1.29, 1.82) is 0 Å². The second-order valence-electron chi connectivity index (χ2n) is 3.20. The van der Waals surface area contributed by atoms with Gasteiger partial charge in [0.1, 0.15) is 0 Å². The highest BCUT2D eigenvalue weighted by molar-refractivity contribution is 5.66. The van der Waals surface area contributed by atoms with E-state index in [0.29, 0.717) is 6.54 Å². The van der Waals surface area contributed by atoms with E-state index in [1.807, 2.05) is 0 Å². The molecule has 1 aliphatic rings. The van der Waals surface area contributed by atoms with Crippen LogP contribution in [0.3, 0.4) is 0 Å². The minimum atomic E-state index is -0.796. The first-order valence-corrected chi connectivity index (χ1v) is 4.33. The quantitative estimate of drug-likeness (QED) is 0.558. The van der Waals surface area contributed by atoms with Crippen LogP contribution in [0.1, 0.15) is 25.7 Å². The summed E-state index contributed by atoms with van der Waals surface area (Å²) in [5.74, 6) is -0.796. The second-order valence-corrected chi connectivity index (χ2v) is 3.20. The molecule has 1 rings (SSSR count). The molecule has 0 aromatic carbocycles. The normalized spacial score (nSPS) is 29.1. The summed E-state index contributed by atoms with van der Waals surface area (Å²) in [6, 6.07) is 0.115. The molecule has 1 saturated carbocycles. The van der Waals surface area contributed by atoms with Crippen molar-refractivity contribution in [2.75, 3.05) is 6.54 Å². The monoisotopic (exact) mass is 173 g/mol. The average Bonchev–Trinajstić information content (AvgIpc) is 2.36. The van der Waals surface area contributed by atoms with E-state index in [1.165, 1.54) is 0 Å². The molecule has 1 aliphatic carbocycles.